The van der Waals surface area contributed by atoms with E-state index < -0.39 is 11.7 Å². The number of pyridine rings is 1. The molecule has 3 rings (SSSR count). The van der Waals surface area contributed by atoms with E-state index in [4.69, 9.17) is 0 Å². The standard InChI is InChI=1S/C21H24F3N5OS/c1-3-28(4-2)11-12-29-17-8-6-5-7-16(17)26-20(29)27-18(30)14-31-19-10-9-15(13-25-19)21(22,23)24/h5-10,13H,3-4,11-12,14H2,1-2H3,(H,26,27,30). The van der Waals surface area contributed by atoms with Crippen molar-refractivity contribution in [2.24, 2.45) is 0 Å². The first-order chi connectivity index (χ1) is 14.8. The molecule has 0 aliphatic heterocycles. The van der Waals surface area contributed by atoms with Gasteiger partial charge in [0.05, 0.1) is 27.4 Å². The van der Waals surface area contributed by atoms with Crippen molar-refractivity contribution < 1.29 is 18.0 Å². The number of alkyl halides is 3. The number of hydrogen-bond donors (Lipinski definition) is 1. The number of hydrogen-bond acceptors (Lipinski definition) is 5. The van der Waals surface area contributed by atoms with Gasteiger partial charge in [-0.2, -0.15) is 13.2 Å². The highest BCUT2D eigenvalue weighted by molar-refractivity contribution is 7.99. The van der Waals surface area contributed by atoms with Gasteiger partial charge in [-0.3, -0.25) is 10.1 Å². The summed E-state index contributed by atoms with van der Waals surface area (Å²) in [5.74, 6) is 0.169. The molecule has 0 spiro atoms. The summed E-state index contributed by atoms with van der Waals surface area (Å²) in [4.78, 5) is 23.1. The van der Waals surface area contributed by atoms with Crippen LogP contribution in [0.2, 0.25) is 0 Å². The number of benzene rings is 1. The highest BCUT2D eigenvalue weighted by Gasteiger charge is 2.30. The molecule has 31 heavy (non-hydrogen) atoms. The minimum Gasteiger partial charge on any atom is -0.309 e. The summed E-state index contributed by atoms with van der Waals surface area (Å²) < 4.78 is 39.9. The lowest BCUT2D eigenvalue weighted by atomic mass is 10.3. The van der Waals surface area contributed by atoms with Crippen LogP contribution < -0.4 is 5.32 Å². The summed E-state index contributed by atoms with van der Waals surface area (Å²) in [5, 5.41) is 3.18. The van der Waals surface area contributed by atoms with E-state index in [1.807, 2.05) is 28.8 Å². The van der Waals surface area contributed by atoms with Crippen LogP contribution in [0.4, 0.5) is 19.1 Å². The average molecular weight is 452 g/mol. The van der Waals surface area contributed by atoms with Crippen LogP contribution in [-0.4, -0.2) is 50.7 Å². The Hall–Kier alpha value is -2.59. The van der Waals surface area contributed by atoms with Crippen molar-refractivity contribution in [1.82, 2.24) is 19.4 Å². The zero-order valence-electron chi connectivity index (χ0n) is 17.3. The maximum Gasteiger partial charge on any atom is 0.417 e. The molecular weight excluding hydrogens is 427 g/mol. The number of carbonyl (C=O) groups is 1. The predicted molar refractivity (Wildman–Crippen MR) is 116 cm³/mol. The lowest BCUT2D eigenvalue weighted by Crippen LogP contribution is -2.28. The number of likely N-dealkylation sites (N-methyl/N-ethyl adjacent to an activating group) is 1. The molecule has 0 saturated heterocycles. The first kappa shape index (κ1) is 23.1. The molecule has 6 nitrogen and oxygen atoms in total. The van der Waals surface area contributed by atoms with Gasteiger partial charge in [-0.05, 0) is 37.4 Å². The SMILES string of the molecule is CCN(CC)CCn1c(NC(=O)CSc2ccc(C(F)(F)F)cn2)nc2ccccc21. The molecule has 1 N–H and O–H groups in total. The quantitative estimate of drug-likeness (QED) is 0.485. The summed E-state index contributed by atoms with van der Waals surface area (Å²) in [7, 11) is 0. The van der Waals surface area contributed by atoms with Gasteiger partial charge >= 0.3 is 6.18 Å². The molecule has 0 aliphatic carbocycles. The van der Waals surface area contributed by atoms with Gasteiger partial charge in [0, 0.05) is 19.3 Å². The fraction of sp³-hybridized carbons (Fsp3) is 0.381. The molecule has 0 radical (unpaired) electrons. The molecule has 0 saturated carbocycles. The zero-order valence-corrected chi connectivity index (χ0v) is 18.1. The van der Waals surface area contributed by atoms with Gasteiger partial charge in [-0.1, -0.05) is 37.7 Å². The second-order valence-electron chi connectivity index (χ2n) is 6.82. The first-order valence-corrected chi connectivity index (χ1v) is 10.9. The smallest absolute Gasteiger partial charge is 0.309 e. The van der Waals surface area contributed by atoms with Crippen molar-refractivity contribution in [2.45, 2.75) is 31.6 Å². The number of anilines is 1. The molecule has 10 heteroatoms. The van der Waals surface area contributed by atoms with Crippen LogP contribution >= 0.6 is 11.8 Å². The number of halogens is 3. The van der Waals surface area contributed by atoms with Crippen molar-refractivity contribution in [3.05, 3.63) is 48.2 Å². The van der Waals surface area contributed by atoms with E-state index in [-0.39, 0.29) is 11.7 Å². The molecule has 1 amide bonds. The molecule has 0 unspecified atom stereocenters. The molecule has 0 aliphatic rings. The van der Waals surface area contributed by atoms with Gasteiger partial charge in [0.2, 0.25) is 11.9 Å². The third kappa shape index (κ3) is 5.98. The highest BCUT2D eigenvalue weighted by Crippen LogP contribution is 2.29. The van der Waals surface area contributed by atoms with Gasteiger partial charge in [0.1, 0.15) is 0 Å². The lowest BCUT2D eigenvalue weighted by molar-refractivity contribution is -0.137. The maximum atomic E-state index is 12.6. The molecular formula is C21H24F3N5OS. The Morgan fingerprint density at radius 2 is 1.90 bits per heavy atom. The van der Waals surface area contributed by atoms with Crippen LogP contribution in [0.15, 0.2) is 47.6 Å². The van der Waals surface area contributed by atoms with Crippen LogP contribution in [0.25, 0.3) is 11.0 Å². The lowest BCUT2D eigenvalue weighted by Gasteiger charge is -2.19. The number of imidazole rings is 1. The first-order valence-electron chi connectivity index (χ1n) is 9.95. The van der Waals surface area contributed by atoms with E-state index in [1.54, 1.807) is 0 Å². The zero-order chi connectivity index (χ0) is 22.4. The number of nitrogens with zero attached hydrogens (tertiary/aromatic N) is 4. The molecule has 2 aromatic heterocycles. The Bertz CT molecular complexity index is 1020. The fourth-order valence-corrected chi connectivity index (χ4v) is 3.75. The van der Waals surface area contributed by atoms with Crippen LogP contribution in [0.5, 0.6) is 0 Å². The monoisotopic (exact) mass is 451 g/mol. The molecule has 0 bridgehead atoms. The van der Waals surface area contributed by atoms with Crippen LogP contribution in [-0.2, 0) is 17.5 Å². The summed E-state index contributed by atoms with van der Waals surface area (Å²) in [6, 6.07) is 9.89. The average Bonchev–Trinajstić information content (AvgIpc) is 3.09. The van der Waals surface area contributed by atoms with Gasteiger partial charge in [0.25, 0.3) is 0 Å². The summed E-state index contributed by atoms with van der Waals surface area (Å²) >= 11 is 1.07. The molecule has 0 fully saturated rings. The van der Waals surface area contributed by atoms with Gasteiger partial charge < -0.3 is 9.47 Å². The number of aromatic nitrogens is 3. The number of thioether (sulfide) groups is 1. The van der Waals surface area contributed by atoms with Crippen molar-refractivity contribution in [2.75, 3.05) is 30.7 Å². The molecule has 3 aromatic rings. The van der Waals surface area contributed by atoms with E-state index in [2.05, 4.69) is 34.0 Å². The van der Waals surface area contributed by atoms with E-state index in [9.17, 15) is 18.0 Å². The fourth-order valence-electron chi connectivity index (χ4n) is 3.11. The Morgan fingerprint density at radius 3 is 2.55 bits per heavy atom. The third-order valence-electron chi connectivity index (χ3n) is 4.85. The second-order valence-corrected chi connectivity index (χ2v) is 7.82. The molecule has 0 atom stereocenters. The van der Waals surface area contributed by atoms with E-state index in [0.717, 1.165) is 54.7 Å². The largest absolute Gasteiger partial charge is 0.417 e. The number of rotatable bonds is 9. The van der Waals surface area contributed by atoms with E-state index in [0.29, 0.717) is 17.5 Å². The summed E-state index contributed by atoms with van der Waals surface area (Å²) in [6.45, 7) is 7.56. The third-order valence-corrected chi connectivity index (χ3v) is 5.80. The topological polar surface area (TPSA) is 63.0 Å². The second kappa shape index (κ2) is 10.1. The van der Waals surface area contributed by atoms with Crippen LogP contribution in [0.3, 0.4) is 0 Å². The highest BCUT2D eigenvalue weighted by atomic mass is 32.2. The Morgan fingerprint density at radius 1 is 1.16 bits per heavy atom. The van der Waals surface area contributed by atoms with Gasteiger partial charge in [0.15, 0.2) is 0 Å². The van der Waals surface area contributed by atoms with Crippen molar-refractivity contribution in [3.8, 4) is 0 Å². The van der Waals surface area contributed by atoms with E-state index in [1.165, 1.54) is 6.07 Å². The number of amides is 1. The summed E-state index contributed by atoms with van der Waals surface area (Å²) in [6.07, 6.45) is -3.66. The maximum absolute atomic E-state index is 12.6. The van der Waals surface area contributed by atoms with Crippen molar-refractivity contribution >= 4 is 34.7 Å². The Balaban J connectivity index is 1.67. The molecule has 1 aromatic carbocycles. The van der Waals surface area contributed by atoms with Gasteiger partial charge in [-0.25, -0.2) is 9.97 Å². The van der Waals surface area contributed by atoms with Gasteiger partial charge in [-0.15, -0.1) is 0 Å². The minimum atomic E-state index is -4.43. The van der Waals surface area contributed by atoms with Crippen LogP contribution in [0, 0.1) is 0 Å². The Kier molecular flexibility index (Phi) is 7.55. The predicted octanol–water partition coefficient (Wildman–Crippen LogP) is 4.52. The number of para-hydroxylation sites is 2. The van der Waals surface area contributed by atoms with E-state index >= 15 is 0 Å². The normalized spacial score (nSPS) is 11.9. The molecule has 2 heterocycles. The molecule has 166 valence electrons. The number of nitrogens with one attached hydrogen (secondary N) is 1. The number of carbonyl (C=O) groups excluding carboxylic acids is 1. The summed E-state index contributed by atoms with van der Waals surface area (Å²) in [5.41, 5.74) is 0.902. The van der Waals surface area contributed by atoms with Crippen LogP contribution in [0.1, 0.15) is 19.4 Å². The minimum absolute atomic E-state index is 0.0115. The number of fused-ring (bicyclic) bond motifs is 1. The Labute approximate surface area is 182 Å². The van der Waals surface area contributed by atoms with Crippen molar-refractivity contribution in [1.29, 1.82) is 0 Å². The van der Waals surface area contributed by atoms with Crippen molar-refractivity contribution in [3.63, 3.8) is 0 Å².